The summed E-state index contributed by atoms with van der Waals surface area (Å²) in [6, 6.07) is 2.51. The second kappa shape index (κ2) is 9.30. The first-order chi connectivity index (χ1) is 9.29. The van der Waals surface area contributed by atoms with E-state index in [-0.39, 0.29) is 5.54 Å². The summed E-state index contributed by atoms with van der Waals surface area (Å²) in [5.74, 6) is 0.425. The number of ether oxygens (including phenoxy) is 2. The summed E-state index contributed by atoms with van der Waals surface area (Å²) < 4.78 is 11.0. The molecule has 4 nitrogen and oxygen atoms in total. The van der Waals surface area contributed by atoms with Crippen LogP contribution in [0.2, 0.25) is 0 Å². The average molecular weight is 268 g/mol. The van der Waals surface area contributed by atoms with E-state index in [1.165, 1.54) is 0 Å². The Morgan fingerprint density at radius 2 is 1.95 bits per heavy atom. The summed E-state index contributed by atoms with van der Waals surface area (Å²) in [6.07, 6.45) is 5.27. The van der Waals surface area contributed by atoms with Crippen LogP contribution in [-0.2, 0) is 9.47 Å². The Morgan fingerprint density at radius 3 is 2.58 bits per heavy atom. The molecular formula is C15H28N2O2. The van der Waals surface area contributed by atoms with E-state index < -0.39 is 0 Å². The summed E-state index contributed by atoms with van der Waals surface area (Å²) in [4.78, 5) is 0. The minimum Gasteiger partial charge on any atom is -0.379 e. The molecule has 2 unspecified atom stereocenters. The van der Waals surface area contributed by atoms with Gasteiger partial charge in [-0.2, -0.15) is 5.26 Å². The van der Waals surface area contributed by atoms with Crippen molar-refractivity contribution in [2.75, 3.05) is 33.0 Å². The van der Waals surface area contributed by atoms with Gasteiger partial charge in [0.2, 0.25) is 0 Å². The number of nitrogens with one attached hydrogen (secondary N) is 1. The Hall–Kier alpha value is -0.630. The van der Waals surface area contributed by atoms with Gasteiger partial charge in [-0.25, -0.2) is 0 Å². The molecule has 0 radical (unpaired) electrons. The zero-order chi connectivity index (χ0) is 14.0. The van der Waals surface area contributed by atoms with Crippen LogP contribution in [0.4, 0.5) is 0 Å². The molecule has 2 atom stereocenters. The molecule has 1 fully saturated rings. The van der Waals surface area contributed by atoms with Gasteiger partial charge >= 0.3 is 0 Å². The molecule has 0 aromatic carbocycles. The maximum Gasteiger partial charge on any atom is 0.109 e. The second-order valence-corrected chi connectivity index (χ2v) is 5.22. The predicted octanol–water partition coefficient (Wildman–Crippen LogP) is 2.49. The van der Waals surface area contributed by atoms with Crippen LogP contribution in [0.1, 0.15) is 46.0 Å². The van der Waals surface area contributed by atoms with Gasteiger partial charge in [-0.3, -0.25) is 5.32 Å². The van der Waals surface area contributed by atoms with E-state index in [0.717, 1.165) is 51.9 Å². The van der Waals surface area contributed by atoms with Crippen LogP contribution in [0.15, 0.2) is 0 Å². The SMILES string of the molecule is CCCOCCOCCC1CCCC1(C#N)NCC. The third kappa shape index (κ3) is 5.10. The maximum absolute atomic E-state index is 9.44. The van der Waals surface area contributed by atoms with E-state index in [1.54, 1.807) is 0 Å². The Bertz CT molecular complexity index is 278. The fourth-order valence-electron chi connectivity index (χ4n) is 2.90. The van der Waals surface area contributed by atoms with Crippen molar-refractivity contribution in [3.8, 4) is 6.07 Å². The van der Waals surface area contributed by atoms with Crippen LogP contribution in [0, 0.1) is 17.2 Å². The molecule has 19 heavy (non-hydrogen) atoms. The number of nitriles is 1. The zero-order valence-corrected chi connectivity index (χ0v) is 12.4. The molecule has 4 heteroatoms. The number of nitrogens with zero attached hydrogens (tertiary/aromatic N) is 1. The highest BCUT2D eigenvalue weighted by Gasteiger charge is 2.42. The molecule has 0 spiro atoms. The predicted molar refractivity (Wildman–Crippen MR) is 75.9 cm³/mol. The summed E-state index contributed by atoms with van der Waals surface area (Å²) in [6.45, 7) is 7.90. The Kier molecular flexibility index (Phi) is 8.04. The molecule has 0 aromatic heterocycles. The van der Waals surface area contributed by atoms with E-state index in [2.05, 4.69) is 25.2 Å². The lowest BCUT2D eigenvalue weighted by atomic mass is 9.86. The first kappa shape index (κ1) is 16.4. The number of rotatable bonds is 10. The third-order valence-electron chi connectivity index (χ3n) is 3.84. The third-order valence-corrected chi connectivity index (χ3v) is 3.84. The molecule has 0 amide bonds. The summed E-state index contributed by atoms with van der Waals surface area (Å²) in [7, 11) is 0. The Morgan fingerprint density at radius 1 is 1.21 bits per heavy atom. The fraction of sp³-hybridized carbons (Fsp3) is 0.933. The molecule has 0 aliphatic heterocycles. The van der Waals surface area contributed by atoms with Crippen LogP contribution < -0.4 is 5.32 Å². The van der Waals surface area contributed by atoms with Gasteiger partial charge in [0.1, 0.15) is 5.54 Å². The zero-order valence-electron chi connectivity index (χ0n) is 12.4. The molecule has 0 heterocycles. The standard InChI is InChI=1S/C15H28N2O2/c1-3-9-18-11-12-19-10-7-14-6-5-8-15(14,13-16)17-4-2/h14,17H,3-12H2,1-2H3. The largest absolute Gasteiger partial charge is 0.379 e. The van der Waals surface area contributed by atoms with Gasteiger partial charge in [0.25, 0.3) is 0 Å². The number of hydrogen-bond acceptors (Lipinski definition) is 4. The fourth-order valence-corrected chi connectivity index (χ4v) is 2.90. The normalized spacial score (nSPS) is 26.5. The van der Waals surface area contributed by atoms with Gasteiger partial charge in [0.15, 0.2) is 0 Å². The lowest BCUT2D eigenvalue weighted by molar-refractivity contribution is 0.0408. The van der Waals surface area contributed by atoms with Crippen LogP contribution in [0.3, 0.4) is 0 Å². The van der Waals surface area contributed by atoms with Crippen molar-refractivity contribution in [3.05, 3.63) is 0 Å². The van der Waals surface area contributed by atoms with Crippen molar-refractivity contribution in [1.29, 1.82) is 5.26 Å². The maximum atomic E-state index is 9.44. The van der Waals surface area contributed by atoms with Crippen LogP contribution in [0.25, 0.3) is 0 Å². The monoisotopic (exact) mass is 268 g/mol. The van der Waals surface area contributed by atoms with E-state index in [1.807, 2.05) is 0 Å². The lowest BCUT2D eigenvalue weighted by Gasteiger charge is -2.29. The summed E-state index contributed by atoms with van der Waals surface area (Å²) in [5.41, 5.74) is -0.309. The molecule has 0 saturated heterocycles. The van der Waals surface area contributed by atoms with E-state index in [9.17, 15) is 5.26 Å². The minimum absolute atomic E-state index is 0.309. The first-order valence-corrected chi connectivity index (χ1v) is 7.60. The molecule has 0 aromatic rings. The highest BCUT2D eigenvalue weighted by Crippen LogP contribution is 2.37. The van der Waals surface area contributed by atoms with Gasteiger partial charge in [0, 0.05) is 13.2 Å². The first-order valence-electron chi connectivity index (χ1n) is 7.60. The summed E-state index contributed by atoms with van der Waals surface area (Å²) >= 11 is 0. The topological polar surface area (TPSA) is 54.3 Å². The summed E-state index contributed by atoms with van der Waals surface area (Å²) in [5, 5.41) is 12.8. The van der Waals surface area contributed by atoms with Crippen molar-refractivity contribution >= 4 is 0 Å². The van der Waals surface area contributed by atoms with E-state index >= 15 is 0 Å². The quantitative estimate of drug-likeness (QED) is 0.618. The Balaban J connectivity index is 2.19. The molecule has 1 aliphatic carbocycles. The van der Waals surface area contributed by atoms with E-state index in [0.29, 0.717) is 19.1 Å². The molecule has 110 valence electrons. The number of hydrogen-bond donors (Lipinski definition) is 1. The molecule has 1 rings (SSSR count). The van der Waals surface area contributed by atoms with Gasteiger partial charge in [-0.1, -0.05) is 20.3 Å². The Labute approximate surface area is 117 Å². The van der Waals surface area contributed by atoms with Gasteiger partial charge in [-0.05, 0) is 38.1 Å². The smallest absolute Gasteiger partial charge is 0.109 e. The minimum atomic E-state index is -0.309. The highest BCUT2D eigenvalue weighted by molar-refractivity contribution is 5.13. The van der Waals surface area contributed by atoms with Gasteiger partial charge < -0.3 is 9.47 Å². The lowest BCUT2D eigenvalue weighted by Crippen LogP contribution is -2.47. The average Bonchev–Trinajstić information content (AvgIpc) is 2.82. The molecule has 1 N–H and O–H groups in total. The van der Waals surface area contributed by atoms with Crippen LogP contribution >= 0.6 is 0 Å². The van der Waals surface area contributed by atoms with Crippen molar-refractivity contribution in [2.24, 2.45) is 5.92 Å². The van der Waals surface area contributed by atoms with Gasteiger partial charge in [0.05, 0.1) is 19.3 Å². The molecular weight excluding hydrogens is 240 g/mol. The van der Waals surface area contributed by atoms with E-state index in [4.69, 9.17) is 9.47 Å². The van der Waals surface area contributed by atoms with Crippen molar-refractivity contribution in [1.82, 2.24) is 5.32 Å². The van der Waals surface area contributed by atoms with Crippen molar-refractivity contribution in [3.63, 3.8) is 0 Å². The molecule has 1 saturated carbocycles. The molecule has 0 bridgehead atoms. The van der Waals surface area contributed by atoms with Crippen molar-refractivity contribution in [2.45, 2.75) is 51.5 Å². The second-order valence-electron chi connectivity index (χ2n) is 5.22. The van der Waals surface area contributed by atoms with Crippen LogP contribution in [0.5, 0.6) is 0 Å². The highest BCUT2D eigenvalue weighted by atomic mass is 16.5. The molecule has 1 aliphatic rings. The van der Waals surface area contributed by atoms with Crippen molar-refractivity contribution < 1.29 is 9.47 Å². The van der Waals surface area contributed by atoms with Crippen LogP contribution in [-0.4, -0.2) is 38.5 Å². The van der Waals surface area contributed by atoms with Gasteiger partial charge in [-0.15, -0.1) is 0 Å².